The number of amides is 2. The van der Waals surface area contributed by atoms with Crippen LogP contribution in [0.3, 0.4) is 0 Å². The normalized spacial score (nSPS) is 11.9. The fourth-order valence-electron chi connectivity index (χ4n) is 1.75. The van der Waals surface area contributed by atoms with Gasteiger partial charge in [0, 0.05) is 23.0 Å². The van der Waals surface area contributed by atoms with Crippen LogP contribution in [-0.4, -0.2) is 12.1 Å². The summed E-state index contributed by atoms with van der Waals surface area (Å²) in [6.45, 7) is 1.97. The van der Waals surface area contributed by atoms with Gasteiger partial charge in [-0.3, -0.25) is 0 Å². The third kappa shape index (κ3) is 4.40. The van der Waals surface area contributed by atoms with Crippen molar-refractivity contribution >= 4 is 46.3 Å². The molecule has 0 spiro atoms. The van der Waals surface area contributed by atoms with Crippen molar-refractivity contribution in [1.29, 1.82) is 0 Å². The Bertz CT molecular complexity index is 587. The Morgan fingerprint density at radius 2 is 2.10 bits per heavy atom. The molecule has 106 valence electrons. The van der Waals surface area contributed by atoms with E-state index < -0.39 is 0 Å². The van der Waals surface area contributed by atoms with E-state index in [-0.39, 0.29) is 12.1 Å². The molecule has 2 rings (SSSR count). The molecule has 1 aromatic heterocycles. The van der Waals surface area contributed by atoms with Crippen LogP contribution < -0.4 is 10.6 Å². The standard InChI is InChI=1S/C14H14Cl2N2OS/c1-9(7-11-3-2-6-20-11)17-14(19)18-10-4-5-12(15)13(16)8-10/h2-6,8-9H,7H2,1H3,(H2,17,18,19)/t9-/m1/s1. The molecule has 6 heteroatoms. The second-order valence-corrected chi connectivity index (χ2v) is 6.26. The molecule has 3 nitrogen and oxygen atoms in total. The molecule has 20 heavy (non-hydrogen) atoms. The van der Waals surface area contributed by atoms with Crippen LogP contribution in [-0.2, 0) is 6.42 Å². The zero-order valence-electron chi connectivity index (χ0n) is 10.8. The lowest BCUT2D eigenvalue weighted by Crippen LogP contribution is -2.37. The molecule has 0 unspecified atom stereocenters. The average Bonchev–Trinajstić information content (AvgIpc) is 2.86. The molecule has 0 bridgehead atoms. The van der Waals surface area contributed by atoms with Gasteiger partial charge in [-0.2, -0.15) is 0 Å². The lowest BCUT2D eigenvalue weighted by molar-refractivity contribution is 0.249. The van der Waals surface area contributed by atoms with E-state index >= 15 is 0 Å². The van der Waals surface area contributed by atoms with E-state index in [1.807, 2.05) is 18.4 Å². The van der Waals surface area contributed by atoms with Crippen molar-refractivity contribution in [3.8, 4) is 0 Å². The first kappa shape index (κ1) is 15.2. The van der Waals surface area contributed by atoms with E-state index in [2.05, 4.69) is 16.7 Å². The number of carbonyl (C=O) groups excluding carboxylic acids is 1. The Morgan fingerprint density at radius 3 is 2.75 bits per heavy atom. The van der Waals surface area contributed by atoms with Crippen LogP contribution in [0.4, 0.5) is 10.5 Å². The number of halogens is 2. The van der Waals surface area contributed by atoms with Crippen LogP contribution in [0.15, 0.2) is 35.7 Å². The number of nitrogens with one attached hydrogen (secondary N) is 2. The highest BCUT2D eigenvalue weighted by atomic mass is 35.5. The SMILES string of the molecule is C[C@H](Cc1cccs1)NC(=O)Nc1ccc(Cl)c(Cl)c1. The van der Waals surface area contributed by atoms with Gasteiger partial charge in [0.15, 0.2) is 0 Å². The first-order valence-electron chi connectivity index (χ1n) is 6.09. The van der Waals surface area contributed by atoms with Crippen molar-refractivity contribution < 1.29 is 4.79 Å². The highest BCUT2D eigenvalue weighted by Crippen LogP contribution is 2.24. The smallest absolute Gasteiger partial charge is 0.319 e. The quantitative estimate of drug-likeness (QED) is 0.830. The number of rotatable bonds is 4. The van der Waals surface area contributed by atoms with Crippen molar-refractivity contribution in [1.82, 2.24) is 5.32 Å². The lowest BCUT2D eigenvalue weighted by Gasteiger charge is -2.14. The highest BCUT2D eigenvalue weighted by Gasteiger charge is 2.09. The van der Waals surface area contributed by atoms with Crippen LogP contribution in [0.1, 0.15) is 11.8 Å². The number of benzene rings is 1. The van der Waals surface area contributed by atoms with Gasteiger partial charge in [-0.25, -0.2) is 4.79 Å². The van der Waals surface area contributed by atoms with Crippen molar-refractivity contribution in [3.05, 3.63) is 50.6 Å². The van der Waals surface area contributed by atoms with Crippen molar-refractivity contribution in [2.45, 2.75) is 19.4 Å². The maximum Gasteiger partial charge on any atom is 0.319 e. The van der Waals surface area contributed by atoms with E-state index in [1.54, 1.807) is 29.5 Å². The molecule has 1 aromatic carbocycles. The third-order valence-electron chi connectivity index (χ3n) is 2.64. The van der Waals surface area contributed by atoms with Gasteiger partial charge in [-0.05, 0) is 36.6 Å². The predicted molar refractivity (Wildman–Crippen MR) is 86.1 cm³/mol. The Morgan fingerprint density at radius 1 is 1.30 bits per heavy atom. The molecule has 0 radical (unpaired) electrons. The fraction of sp³-hybridized carbons (Fsp3) is 0.214. The summed E-state index contributed by atoms with van der Waals surface area (Å²) >= 11 is 13.4. The summed E-state index contributed by atoms with van der Waals surface area (Å²) in [7, 11) is 0. The van der Waals surface area contributed by atoms with Crippen LogP contribution in [0.5, 0.6) is 0 Å². The minimum absolute atomic E-state index is 0.0522. The molecular formula is C14H14Cl2N2OS. The van der Waals surface area contributed by atoms with E-state index in [9.17, 15) is 4.79 Å². The molecule has 2 amide bonds. The summed E-state index contributed by atoms with van der Waals surface area (Å²) in [5.74, 6) is 0. The maximum atomic E-state index is 11.9. The molecular weight excluding hydrogens is 315 g/mol. The monoisotopic (exact) mass is 328 g/mol. The molecule has 2 N–H and O–H groups in total. The van der Waals surface area contributed by atoms with Gasteiger partial charge in [0.2, 0.25) is 0 Å². The van der Waals surface area contributed by atoms with E-state index in [4.69, 9.17) is 23.2 Å². The van der Waals surface area contributed by atoms with Gasteiger partial charge in [-0.15, -0.1) is 11.3 Å². The Labute approximate surface area is 131 Å². The lowest BCUT2D eigenvalue weighted by atomic mass is 10.2. The van der Waals surface area contributed by atoms with Crippen molar-refractivity contribution in [2.75, 3.05) is 5.32 Å². The first-order valence-corrected chi connectivity index (χ1v) is 7.73. The number of anilines is 1. The fourth-order valence-corrected chi connectivity index (χ4v) is 2.88. The van der Waals surface area contributed by atoms with E-state index in [0.717, 1.165) is 6.42 Å². The van der Waals surface area contributed by atoms with Gasteiger partial charge in [-0.1, -0.05) is 29.3 Å². The largest absolute Gasteiger partial charge is 0.335 e. The minimum atomic E-state index is -0.257. The zero-order valence-corrected chi connectivity index (χ0v) is 13.1. The number of urea groups is 1. The summed E-state index contributed by atoms with van der Waals surface area (Å²) in [6, 6.07) is 8.82. The van der Waals surface area contributed by atoms with Crippen LogP contribution in [0.2, 0.25) is 10.0 Å². The molecule has 0 saturated carbocycles. The Hall–Kier alpha value is -1.23. The van der Waals surface area contributed by atoms with E-state index in [1.165, 1.54) is 4.88 Å². The van der Waals surface area contributed by atoms with Gasteiger partial charge >= 0.3 is 6.03 Å². The molecule has 2 aromatic rings. The summed E-state index contributed by atoms with van der Waals surface area (Å²) in [6.07, 6.45) is 0.812. The molecule has 0 saturated heterocycles. The van der Waals surface area contributed by atoms with Crippen molar-refractivity contribution in [2.24, 2.45) is 0 Å². The summed E-state index contributed by atoms with van der Waals surface area (Å²) in [5.41, 5.74) is 0.611. The van der Waals surface area contributed by atoms with Gasteiger partial charge in [0.1, 0.15) is 0 Å². The topological polar surface area (TPSA) is 41.1 Å². The molecule has 1 heterocycles. The molecule has 0 aliphatic heterocycles. The number of hydrogen-bond acceptors (Lipinski definition) is 2. The van der Waals surface area contributed by atoms with Gasteiger partial charge in [0.05, 0.1) is 10.0 Å². The average molecular weight is 329 g/mol. The van der Waals surface area contributed by atoms with Crippen LogP contribution in [0, 0.1) is 0 Å². The highest BCUT2D eigenvalue weighted by molar-refractivity contribution is 7.09. The number of thiophene rings is 1. The van der Waals surface area contributed by atoms with Gasteiger partial charge in [0.25, 0.3) is 0 Å². The van der Waals surface area contributed by atoms with Crippen LogP contribution in [0.25, 0.3) is 0 Å². The molecule has 1 atom stereocenters. The molecule has 0 aliphatic rings. The number of hydrogen-bond donors (Lipinski definition) is 2. The second kappa shape index (κ2) is 6.97. The minimum Gasteiger partial charge on any atom is -0.335 e. The summed E-state index contributed by atoms with van der Waals surface area (Å²) in [4.78, 5) is 13.1. The third-order valence-corrected chi connectivity index (χ3v) is 4.28. The van der Waals surface area contributed by atoms with Gasteiger partial charge < -0.3 is 10.6 Å². The second-order valence-electron chi connectivity index (χ2n) is 4.41. The van der Waals surface area contributed by atoms with Crippen molar-refractivity contribution in [3.63, 3.8) is 0 Å². The number of carbonyl (C=O) groups is 1. The Balaban J connectivity index is 1.87. The molecule has 0 aliphatic carbocycles. The summed E-state index contributed by atoms with van der Waals surface area (Å²) in [5, 5.41) is 8.51. The summed E-state index contributed by atoms with van der Waals surface area (Å²) < 4.78 is 0. The van der Waals surface area contributed by atoms with Crippen LogP contribution >= 0.6 is 34.5 Å². The molecule has 0 fully saturated rings. The zero-order chi connectivity index (χ0) is 14.5. The maximum absolute atomic E-state index is 11.9. The van der Waals surface area contributed by atoms with E-state index in [0.29, 0.717) is 15.7 Å². The Kier molecular flexibility index (Phi) is 5.29. The first-order chi connectivity index (χ1) is 9.54. The predicted octanol–water partition coefficient (Wildman–Crippen LogP) is 4.81.